The fourth-order valence-corrected chi connectivity index (χ4v) is 1.25. The van der Waals surface area contributed by atoms with Gasteiger partial charge in [-0.2, -0.15) is 5.01 Å². The van der Waals surface area contributed by atoms with Gasteiger partial charge in [0.2, 0.25) is 11.8 Å². The first-order chi connectivity index (χ1) is 5.68. The van der Waals surface area contributed by atoms with E-state index in [0.717, 1.165) is 5.71 Å². The Bertz CT molecular complexity index is 305. The first-order valence-corrected chi connectivity index (χ1v) is 3.70. The normalized spacial score (nSPS) is 23.2. The summed E-state index contributed by atoms with van der Waals surface area (Å²) >= 11 is 0. The van der Waals surface area contributed by atoms with Gasteiger partial charge in [-0.05, 0) is 6.92 Å². The zero-order valence-corrected chi connectivity index (χ0v) is 7.02. The summed E-state index contributed by atoms with van der Waals surface area (Å²) in [5.41, 5.74) is 0.776. The summed E-state index contributed by atoms with van der Waals surface area (Å²) in [7, 11) is 1.84. The summed E-state index contributed by atoms with van der Waals surface area (Å²) < 4.78 is 0. The van der Waals surface area contributed by atoms with Crippen LogP contribution in [0.3, 0.4) is 0 Å². The van der Waals surface area contributed by atoms with Crippen molar-refractivity contribution in [3.63, 3.8) is 0 Å². The predicted octanol–water partition coefficient (Wildman–Crippen LogP) is 0.336. The van der Waals surface area contributed by atoms with Crippen molar-refractivity contribution >= 4 is 11.7 Å². The molecule has 2 aliphatic heterocycles. The minimum atomic E-state index is 0.182. The second kappa shape index (κ2) is 2.31. The topological polar surface area (TPSA) is 51.4 Å². The molecule has 0 unspecified atom stereocenters. The summed E-state index contributed by atoms with van der Waals surface area (Å²) in [6, 6.07) is 0. The highest BCUT2D eigenvalue weighted by molar-refractivity contribution is 6.05. The van der Waals surface area contributed by atoms with Gasteiger partial charge in [0, 0.05) is 18.8 Å². The largest absolute Gasteiger partial charge is 0.493 e. The van der Waals surface area contributed by atoms with Gasteiger partial charge in [0.25, 0.3) is 0 Å². The minimum absolute atomic E-state index is 0.182. The molecule has 0 amide bonds. The van der Waals surface area contributed by atoms with Crippen molar-refractivity contribution in [2.75, 3.05) is 13.7 Å². The first-order valence-electron chi connectivity index (χ1n) is 3.70. The second-order valence-corrected chi connectivity index (χ2v) is 2.82. The Hall–Kier alpha value is -1.36. The number of allylic oxidation sites excluding steroid dienone is 1. The molecular formula is C7H10N4O. The molecule has 0 saturated heterocycles. The molecule has 2 aliphatic rings. The summed E-state index contributed by atoms with van der Waals surface area (Å²) in [6.07, 6.45) is 1.61. The fraction of sp³-hybridized carbons (Fsp3) is 0.429. The molecule has 5 nitrogen and oxygen atoms in total. The average molecular weight is 166 g/mol. The standard InChI is InChI=1S/C7H10N4O/c1-5-3-6(12)11-7(9-5)8-4-10(11)2/h3,12H,4H2,1-2H3. The molecule has 0 spiro atoms. The van der Waals surface area contributed by atoms with Gasteiger partial charge in [-0.15, -0.1) is 0 Å². The Morgan fingerprint density at radius 1 is 1.58 bits per heavy atom. The lowest BCUT2D eigenvalue weighted by Gasteiger charge is -2.25. The van der Waals surface area contributed by atoms with Crippen molar-refractivity contribution in [3.05, 3.63) is 12.0 Å². The van der Waals surface area contributed by atoms with E-state index in [2.05, 4.69) is 9.98 Å². The lowest BCUT2D eigenvalue weighted by Crippen LogP contribution is -2.39. The monoisotopic (exact) mass is 166 g/mol. The molecular weight excluding hydrogens is 156 g/mol. The lowest BCUT2D eigenvalue weighted by atomic mass is 10.3. The van der Waals surface area contributed by atoms with Gasteiger partial charge in [-0.3, -0.25) is 0 Å². The van der Waals surface area contributed by atoms with Crippen LogP contribution >= 0.6 is 0 Å². The van der Waals surface area contributed by atoms with Crippen LogP contribution in [-0.4, -0.2) is 40.5 Å². The van der Waals surface area contributed by atoms with Crippen LogP contribution in [0.5, 0.6) is 0 Å². The van der Waals surface area contributed by atoms with Crippen molar-refractivity contribution in [1.82, 2.24) is 10.0 Å². The summed E-state index contributed by atoms with van der Waals surface area (Å²) in [6.45, 7) is 2.37. The highest BCUT2D eigenvalue weighted by atomic mass is 16.3. The van der Waals surface area contributed by atoms with Gasteiger partial charge in [0.1, 0.15) is 6.67 Å². The zero-order valence-electron chi connectivity index (χ0n) is 7.02. The molecule has 0 fully saturated rings. The lowest BCUT2D eigenvalue weighted by molar-refractivity contribution is 0.0809. The van der Waals surface area contributed by atoms with Crippen molar-refractivity contribution < 1.29 is 5.11 Å². The van der Waals surface area contributed by atoms with E-state index < -0.39 is 0 Å². The number of hydrogen-bond donors (Lipinski definition) is 1. The molecule has 0 aromatic rings. The van der Waals surface area contributed by atoms with Gasteiger partial charge < -0.3 is 5.11 Å². The van der Waals surface area contributed by atoms with Crippen LogP contribution in [0.25, 0.3) is 0 Å². The SMILES string of the molecule is CC1=NC2=NCN(C)N2C(O)=C1. The number of fused-ring (bicyclic) bond motifs is 1. The second-order valence-electron chi connectivity index (χ2n) is 2.82. The number of aliphatic hydroxyl groups is 1. The van der Waals surface area contributed by atoms with Crippen LogP contribution < -0.4 is 0 Å². The average Bonchev–Trinajstić information content (AvgIpc) is 2.31. The van der Waals surface area contributed by atoms with Crippen LogP contribution in [0, 0.1) is 0 Å². The van der Waals surface area contributed by atoms with E-state index in [0.29, 0.717) is 12.6 Å². The van der Waals surface area contributed by atoms with Gasteiger partial charge in [-0.25, -0.2) is 15.0 Å². The van der Waals surface area contributed by atoms with E-state index in [-0.39, 0.29) is 5.88 Å². The van der Waals surface area contributed by atoms with Crippen molar-refractivity contribution in [3.8, 4) is 0 Å². The molecule has 0 saturated carbocycles. The minimum Gasteiger partial charge on any atom is -0.493 e. The van der Waals surface area contributed by atoms with Gasteiger partial charge in [0.15, 0.2) is 0 Å². The molecule has 12 heavy (non-hydrogen) atoms. The number of hydrogen-bond acceptors (Lipinski definition) is 5. The molecule has 0 aliphatic carbocycles. The Kier molecular flexibility index (Phi) is 1.41. The maximum atomic E-state index is 9.50. The Morgan fingerprint density at radius 2 is 2.33 bits per heavy atom. The number of aliphatic hydroxyl groups excluding tert-OH is 1. The molecule has 0 radical (unpaired) electrons. The van der Waals surface area contributed by atoms with Crippen LogP contribution in [0.15, 0.2) is 21.9 Å². The molecule has 5 heteroatoms. The fourth-order valence-electron chi connectivity index (χ4n) is 1.25. The maximum absolute atomic E-state index is 9.50. The van der Waals surface area contributed by atoms with E-state index in [9.17, 15) is 5.11 Å². The Balaban J connectivity index is 2.39. The molecule has 64 valence electrons. The Morgan fingerprint density at radius 3 is 3.08 bits per heavy atom. The van der Waals surface area contributed by atoms with Crippen LogP contribution in [0.4, 0.5) is 0 Å². The smallest absolute Gasteiger partial charge is 0.244 e. The Labute approximate surface area is 70.3 Å². The van der Waals surface area contributed by atoms with Crippen molar-refractivity contribution in [2.45, 2.75) is 6.92 Å². The third-order valence-electron chi connectivity index (χ3n) is 1.78. The van der Waals surface area contributed by atoms with E-state index in [1.165, 1.54) is 0 Å². The molecule has 0 aromatic carbocycles. The van der Waals surface area contributed by atoms with Crippen LogP contribution in [0.1, 0.15) is 6.92 Å². The van der Waals surface area contributed by atoms with Crippen molar-refractivity contribution in [2.24, 2.45) is 9.98 Å². The number of nitrogens with zero attached hydrogens (tertiary/aromatic N) is 4. The van der Waals surface area contributed by atoms with Crippen LogP contribution in [-0.2, 0) is 0 Å². The van der Waals surface area contributed by atoms with E-state index >= 15 is 0 Å². The maximum Gasteiger partial charge on any atom is 0.244 e. The molecule has 2 rings (SSSR count). The first kappa shape index (κ1) is 7.30. The molecule has 0 bridgehead atoms. The van der Waals surface area contributed by atoms with Crippen LogP contribution in [0.2, 0.25) is 0 Å². The van der Waals surface area contributed by atoms with E-state index in [1.807, 2.05) is 14.0 Å². The van der Waals surface area contributed by atoms with E-state index in [4.69, 9.17) is 0 Å². The highest BCUT2D eigenvalue weighted by Gasteiger charge is 2.27. The third kappa shape index (κ3) is 0.902. The number of rotatable bonds is 0. The highest BCUT2D eigenvalue weighted by Crippen LogP contribution is 2.16. The summed E-state index contributed by atoms with van der Waals surface area (Å²) in [4.78, 5) is 8.28. The number of guanidine groups is 1. The summed E-state index contributed by atoms with van der Waals surface area (Å²) in [5, 5.41) is 12.9. The molecule has 2 heterocycles. The predicted molar refractivity (Wildman–Crippen MR) is 45.7 cm³/mol. The van der Waals surface area contributed by atoms with E-state index in [1.54, 1.807) is 16.1 Å². The molecule has 0 atom stereocenters. The summed E-state index contributed by atoms with van der Waals surface area (Å²) in [5.74, 6) is 0.747. The zero-order chi connectivity index (χ0) is 8.72. The number of aliphatic imine (C=N–C) groups is 2. The molecule has 0 aromatic heterocycles. The quantitative estimate of drug-likeness (QED) is 0.564. The van der Waals surface area contributed by atoms with Gasteiger partial charge in [0.05, 0.1) is 0 Å². The van der Waals surface area contributed by atoms with Gasteiger partial charge >= 0.3 is 0 Å². The third-order valence-corrected chi connectivity index (χ3v) is 1.78. The molecule has 1 N–H and O–H groups in total. The number of hydrazine groups is 1. The van der Waals surface area contributed by atoms with Crippen molar-refractivity contribution in [1.29, 1.82) is 0 Å². The van der Waals surface area contributed by atoms with Gasteiger partial charge in [-0.1, -0.05) is 0 Å².